The molecule has 1 amide bonds. The minimum absolute atomic E-state index is 0.135. The highest BCUT2D eigenvalue weighted by atomic mass is 35.5. The molecule has 0 saturated carbocycles. The number of hydrogen-bond acceptors (Lipinski definition) is 4. The molecular formula is C12H11ClN4OS. The van der Waals surface area contributed by atoms with Crippen molar-refractivity contribution in [3.63, 3.8) is 0 Å². The van der Waals surface area contributed by atoms with Crippen molar-refractivity contribution in [3.8, 4) is 11.3 Å². The van der Waals surface area contributed by atoms with Gasteiger partial charge in [0, 0.05) is 31.1 Å². The number of rotatable bonds is 2. The number of thioether (sulfide) groups is 1. The SMILES string of the molecule is CNC(=O)c1c(-c2ccnc(Cl)c2)nc2n1CCS2. The first-order valence-electron chi connectivity index (χ1n) is 5.78. The fourth-order valence-corrected chi connectivity index (χ4v) is 3.20. The first kappa shape index (κ1) is 12.5. The second kappa shape index (κ2) is 4.86. The third-order valence-electron chi connectivity index (χ3n) is 2.92. The fraction of sp³-hybridized carbons (Fsp3) is 0.250. The Morgan fingerprint density at radius 1 is 1.58 bits per heavy atom. The van der Waals surface area contributed by atoms with Crippen molar-refractivity contribution in [2.75, 3.05) is 12.8 Å². The van der Waals surface area contributed by atoms with Crippen molar-refractivity contribution in [2.24, 2.45) is 0 Å². The lowest BCUT2D eigenvalue weighted by Crippen LogP contribution is -2.22. The molecule has 0 aromatic carbocycles. The van der Waals surface area contributed by atoms with Crippen LogP contribution in [0.1, 0.15) is 10.5 Å². The highest BCUT2D eigenvalue weighted by Crippen LogP contribution is 2.33. The Morgan fingerprint density at radius 3 is 3.16 bits per heavy atom. The third-order valence-corrected chi connectivity index (χ3v) is 4.08. The number of aromatic nitrogens is 3. The number of nitrogens with one attached hydrogen (secondary N) is 1. The number of pyridine rings is 1. The third kappa shape index (κ3) is 2.11. The Hall–Kier alpha value is -1.53. The van der Waals surface area contributed by atoms with E-state index >= 15 is 0 Å². The number of carbonyl (C=O) groups is 1. The van der Waals surface area contributed by atoms with E-state index in [9.17, 15) is 4.79 Å². The number of halogens is 1. The van der Waals surface area contributed by atoms with Gasteiger partial charge in [0.25, 0.3) is 5.91 Å². The van der Waals surface area contributed by atoms with Crippen LogP contribution < -0.4 is 5.32 Å². The zero-order chi connectivity index (χ0) is 13.4. The Balaban J connectivity index is 2.19. The lowest BCUT2D eigenvalue weighted by molar-refractivity contribution is 0.0954. The zero-order valence-corrected chi connectivity index (χ0v) is 11.8. The van der Waals surface area contributed by atoms with E-state index in [0.29, 0.717) is 16.5 Å². The molecule has 2 aromatic rings. The van der Waals surface area contributed by atoms with Crippen molar-refractivity contribution in [2.45, 2.75) is 11.7 Å². The van der Waals surface area contributed by atoms with Gasteiger partial charge >= 0.3 is 0 Å². The molecule has 19 heavy (non-hydrogen) atoms. The molecule has 7 heteroatoms. The van der Waals surface area contributed by atoms with Crippen LogP contribution in [0, 0.1) is 0 Å². The van der Waals surface area contributed by atoms with Crippen LogP contribution in [0.4, 0.5) is 0 Å². The molecule has 0 aliphatic carbocycles. The summed E-state index contributed by atoms with van der Waals surface area (Å²) in [4.78, 5) is 20.6. The van der Waals surface area contributed by atoms with Gasteiger partial charge in [0.05, 0.1) is 0 Å². The van der Waals surface area contributed by atoms with Gasteiger partial charge in [0.15, 0.2) is 5.16 Å². The number of carbonyl (C=O) groups excluding carboxylic acids is 1. The first-order chi connectivity index (χ1) is 9.20. The molecule has 0 unspecified atom stereocenters. The van der Waals surface area contributed by atoms with Crippen molar-refractivity contribution in [1.82, 2.24) is 19.9 Å². The number of fused-ring (bicyclic) bond motifs is 1. The van der Waals surface area contributed by atoms with Crippen LogP contribution in [-0.4, -0.2) is 33.2 Å². The van der Waals surface area contributed by atoms with Gasteiger partial charge in [-0.3, -0.25) is 4.79 Å². The van der Waals surface area contributed by atoms with Crippen molar-refractivity contribution in [1.29, 1.82) is 0 Å². The topological polar surface area (TPSA) is 59.8 Å². The number of nitrogens with zero attached hydrogens (tertiary/aromatic N) is 3. The zero-order valence-electron chi connectivity index (χ0n) is 10.2. The Bertz CT molecular complexity index is 655. The van der Waals surface area contributed by atoms with Crippen LogP contribution in [0.25, 0.3) is 11.3 Å². The van der Waals surface area contributed by atoms with Gasteiger partial charge in [-0.05, 0) is 12.1 Å². The fourth-order valence-electron chi connectivity index (χ4n) is 2.08. The summed E-state index contributed by atoms with van der Waals surface area (Å²) in [5, 5.41) is 3.93. The van der Waals surface area contributed by atoms with E-state index in [-0.39, 0.29) is 5.91 Å². The summed E-state index contributed by atoms with van der Waals surface area (Å²) in [7, 11) is 1.62. The number of imidazole rings is 1. The van der Waals surface area contributed by atoms with Crippen LogP contribution in [0.15, 0.2) is 23.5 Å². The Morgan fingerprint density at radius 2 is 2.42 bits per heavy atom. The molecule has 0 spiro atoms. The van der Waals surface area contributed by atoms with Crippen molar-refractivity contribution < 1.29 is 4.79 Å². The molecule has 3 rings (SSSR count). The van der Waals surface area contributed by atoms with Gasteiger partial charge in [-0.1, -0.05) is 23.4 Å². The average Bonchev–Trinajstić information content (AvgIpc) is 2.97. The predicted molar refractivity (Wildman–Crippen MR) is 74.6 cm³/mol. The standard InChI is InChI=1S/C12H11ClN4OS/c1-14-11(18)10-9(7-2-3-15-8(13)6-7)16-12-17(10)4-5-19-12/h2-3,6H,4-5H2,1H3,(H,14,18). The molecule has 0 bridgehead atoms. The maximum atomic E-state index is 12.1. The van der Waals surface area contributed by atoms with Crippen molar-refractivity contribution >= 4 is 29.3 Å². The second-order valence-electron chi connectivity index (χ2n) is 4.04. The van der Waals surface area contributed by atoms with E-state index in [4.69, 9.17) is 11.6 Å². The van der Waals surface area contributed by atoms with E-state index in [2.05, 4.69) is 15.3 Å². The minimum Gasteiger partial charge on any atom is -0.354 e. The molecular weight excluding hydrogens is 284 g/mol. The highest BCUT2D eigenvalue weighted by Gasteiger charge is 2.26. The maximum absolute atomic E-state index is 12.1. The normalized spacial score (nSPS) is 13.4. The van der Waals surface area contributed by atoms with Gasteiger partial charge in [-0.15, -0.1) is 0 Å². The van der Waals surface area contributed by atoms with Crippen LogP contribution >= 0.6 is 23.4 Å². The summed E-state index contributed by atoms with van der Waals surface area (Å²) in [6.45, 7) is 0.800. The monoisotopic (exact) mass is 294 g/mol. The summed E-state index contributed by atoms with van der Waals surface area (Å²) in [5.74, 6) is 0.813. The summed E-state index contributed by atoms with van der Waals surface area (Å²) >= 11 is 7.56. The van der Waals surface area contributed by atoms with Gasteiger partial charge in [0.2, 0.25) is 0 Å². The van der Waals surface area contributed by atoms with Gasteiger partial charge in [0.1, 0.15) is 16.5 Å². The maximum Gasteiger partial charge on any atom is 0.270 e. The molecule has 1 aliphatic rings. The minimum atomic E-state index is -0.135. The number of hydrogen-bond donors (Lipinski definition) is 1. The quantitative estimate of drug-likeness (QED) is 0.861. The van der Waals surface area contributed by atoms with E-state index in [1.807, 2.05) is 4.57 Å². The first-order valence-corrected chi connectivity index (χ1v) is 7.14. The van der Waals surface area contributed by atoms with Gasteiger partial charge in [-0.25, -0.2) is 9.97 Å². The highest BCUT2D eigenvalue weighted by molar-refractivity contribution is 7.99. The average molecular weight is 295 g/mol. The Kier molecular flexibility index (Phi) is 3.20. The van der Waals surface area contributed by atoms with Crippen LogP contribution in [0.2, 0.25) is 5.15 Å². The van der Waals surface area contributed by atoms with Gasteiger partial charge < -0.3 is 9.88 Å². The van der Waals surface area contributed by atoms with E-state index in [0.717, 1.165) is 23.0 Å². The lowest BCUT2D eigenvalue weighted by Gasteiger charge is -2.06. The van der Waals surface area contributed by atoms with Crippen LogP contribution in [0.5, 0.6) is 0 Å². The molecule has 0 saturated heterocycles. The molecule has 1 aliphatic heterocycles. The van der Waals surface area contributed by atoms with Gasteiger partial charge in [-0.2, -0.15) is 0 Å². The number of amides is 1. The molecule has 0 radical (unpaired) electrons. The Labute approximate surface area is 119 Å². The molecule has 5 nitrogen and oxygen atoms in total. The second-order valence-corrected chi connectivity index (χ2v) is 5.49. The summed E-state index contributed by atoms with van der Waals surface area (Å²) in [6, 6.07) is 3.53. The van der Waals surface area contributed by atoms with Crippen LogP contribution in [0.3, 0.4) is 0 Å². The molecule has 0 fully saturated rings. The predicted octanol–water partition coefficient (Wildman–Crippen LogP) is 2.06. The van der Waals surface area contributed by atoms with E-state index < -0.39 is 0 Å². The molecule has 3 heterocycles. The lowest BCUT2D eigenvalue weighted by atomic mass is 10.1. The molecule has 2 aromatic heterocycles. The molecule has 1 N–H and O–H groups in total. The summed E-state index contributed by atoms with van der Waals surface area (Å²) in [6.07, 6.45) is 1.61. The smallest absolute Gasteiger partial charge is 0.270 e. The largest absolute Gasteiger partial charge is 0.354 e. The van der Waals surface area contributed by atoms with E-state index in [1.54, 1.807) is 37.1 Å². The van der Waals surface area contributed by atoms with Crippen molar-refractivity contribution in [3.05, 3.63) is 29.2 Å². The molecule has 98 valence electrons. The van der Waals surface area contributed by atoms with Crippen LogP contribution in [-0.2, 0) is 6.54 Å². The summed E-state index contributed by atoms with van der Waals surface area (Å²) in [5.41, 5.74) is 2.05. The summed E-state index contributed by atoms with van der Waals surface area (Å²) < 4.78 is 1.95. The van der Waals surface area contributed by atoms with E-state index in [1.165, 1.54) is 0 Å². The molecule has 0 atom stereocenters.